The van der Waals surface area contributed by atoms with E-state index in [1.807, 2.05) is 12.1 Å². The minimum Gasteiger partial charge on any atom is -0.321 e. The van der Waals surface area contributed by atoms with E-state index >= 15 is 0 Å². The van der Waals surface area contributed by atoms with Gasteiger partial charge in [-0.15, -0.1) is 11.3 Å². The second-order valence-electron chi connectivity index (χ2n) is 9.14. The van der Waals surface area contributed by atoms with Crippen LogP contribution in [0, 0.1) is 11.3 Å². The van der Waals surface area contributed by atoms with Gasteiger partial charge in [0.1, 0.15) is 5.00 Å². The number of amides is 2. The number of thiophene rings is 1. The highest BCUT2D eigenvalue weighted by atomic mass is 35.5. The van der Waals surface area contributed by atoms with Crippen LogP contribution in [0.2, 0.25) is 5.02 Å². The predicted octanol–water partition coefficient (Wildman–Crippen LogP) is 6.45. The minimum absolute atomic E-state index is 0.181. The number of fused-ring (bicyclic) bond motifs is 1. The first-order valence-corrected chi connectivity index (χ1v) is 11.8. The van der Waals surface area contributed by atoms with E-state index in [2.05, 4.69) is 36.4 Å². The van der Waals surface area contributed by atoms with Crippen LogP contribution in [-0.2, 0) is 12.8 Å². The Morgan fingerprint density at radius 1 is 1.09 bits per heavy atom. The smallest absolute Gasteiger partial charge is 0.258 e. The Hall–Kier alpha value is -2.70. The molecule has 4 rings (SSSR count). The lowest BCUT2D eigenvalue weighted by Crippen LogP contribution is -2.27. The molecular formula is C25H26ClN3O2S. The van der Waals surface area contributed by atoms with Crippen LogP contribution >= 0.6 is 22.9 Å². The van der Waals surface area contributed by atoms with E-state index in [9.17, 15) is 9.59 Å². The number of nitrogens with zero attached hydrogens (tertiary/aromatic N) is 1. The molecule has 166 valence electrons. The zero-order valence-electron chi connectivity index (χ0n) is 18.4. The van der Waals surface area contributed by atoms with Crippen molar-refractivity contribution in [2.24, 2.45) is 11.3 Å². The molecule has 2 amide bonds. The van der Waals surface area contributed by atoms with E-state index in [1.54, 1.807) is 30.5 Å². The Morgan fingerprint density at radius 2 is 1.88 bits per heavy atom. The number of hydrogen-bond donors (Lipinski definition) is 2. The number of carbonyl (C=O) groups is 2. The lowest BCUT2D eigenvalue weighted by Gasteiger charge is -2.33. The van der Waals surface area contributed by atoms with Gasteiger partial charge in [-0.05, 0) is 60.4 Å². The van der Waals surface area contributed by atoms with Crippen LogP contribution in [0.25, 0.3) is 0 Å². The number of anilines is 2. The summed E-state index contributed by atoms with van der Waals surface area (Å²) in [4.78, 5) is 31.4. The second kappa shape index (κ2) is 9.04. The standard InChI is InChI=1S/C25H26ClN3O2S/c1-25(2,3)16-10-11-17-20(13-16)32-24(29-22(30)15-7-6-12-27-14-15)21(17)23(31)28-19-9-5-4-8-18(19)26/h4-9,12,14,16H,10-11,13H2,1-3H3,(H,28,31)(H,29,30). The molecule has 32 heavy (non-hydrogen) atoms. The van der Waals surface area contributed by atoms with Crippen molar-refractivity contribution in [1.29, 1.82) is 0 Å². The molecule has 1 aliphatic rings. The van der Waals surface area contributed by atoms with Crippen molar-refractivity contribution in [3.63, 3.8) is 0 Å². The topological polar surface area (TPSA) is 71.1 Å². The third-order valence-electron chi connectivity index (χ3n) is 5.99. The molecule has 0 fully saturated rings. The molecule has 5 nitrogen and oxygen atoms in total. The van der Waals surface area contributed by atoms with Crippen molar-refractivity contribution >= 4 is 45.4 Å². The average Bonchev–Trinajstić information content (AvgIpc) is 3.12. The Bertz CT molecular complexity index is 1150. The van der Waals surface area contributed by atoms with Crippen LogP contribution in [0.3, 0.4) is 0 Å². The number of carbonyl (C=O) groups excluding carboxylic acids is 2. The molecule has 0 aliphatic heterocycles. The SMILES string of the molecule is CC(C)(C)C1CCc2c(sc(NC(=O)c3cccnc3)c2C(=O)Nc2ccccc2Cl)C1. The molecule has 3 aromatic rings. The van der Waals surface area contributed by atoms with E-state index < -0.39 is 0 Å². The van der Waals surface area contributed by atoms with Crippen LogP contribution < -0.4 is 10.6 Å². The van der Waals surface area contributed by atoms with E-state index in [-0.39, 0.29) is 17.2 Å². The summed E-state index contributed by atoms with van der Waals surface area (Å²) in [5.41, 5.74) is 2.74. The lowest BCUT2D eigenvalue weighted by molar-refractivity contribution is 0.102. The first-order valence-electron chi connectivity index (χ1n) is 10.7. The monoisotopic (exact) mass is 467 g/mol. The van der Waals surface area contributed by atoms with Gasteiger partial charge in [-0.25, -0.2) is 0 Å². The molecule has 2 N–H and O–H groups in total. The van der Waals surface area contributed by atoms with Crippen molar-refractivity contribution in [3.8, 4) is 0 Å². The number of halogens is 1. The van der Waals surface area contributed by atoms with Gasteiger partial charge < -0.3 is 10.6 Å². The Kier molecular flexibility index (Phi) is 6.35. The van der Waals surface area contributed by atoms with Crippen LogP contribution in [0.4, 0.5) is 10.7 Å². The summed E-state index contributed by atoms with van der Waals surface area (Å²) in [6.45, 7) is 6.77. The minimum atomic E-state index is -0.282. The average molecular weight is 468 g/mol. The predicted molar refractivity (Wildman–Crippen MR) is 131 cm³/mol. The maximum atomic E-state index is 13.4. The first kappa shape index (κ1) is 22.5. The first-order chi connectivity index (χ1) is 15.2. The molecule has 1 unspecified atom stereocenters. The van der Waals surface area contributed by atoms with Crippen molar-refractivity contribution in [1.82, 2.24) is 4.98 Å². The fraction of sp³-hybridized carbons (Fsp3) is 0.320. The summed E-state index contributed by atoms with van der Waals surface area (Å²) in [6.07, 6.45) is 5.85. The molecule has 0 radical (unpaired) electrons. The Labute approximate surface area is 197 Å². The zero-order valence-corrected chi connectivity index (χ0v) is 19.9. The summed E-state index contributed by atoms with van der Waals surface area (Å²) in [6, 6.07) is 10.6. The van der Waals surface area contributed by atoms with Gasteiger partial charge >= 0.3 is 0 Å². The van der Waals surface area contributed by atoms with Crippen molar-refractivity contribution in [3.05, 3.63) is 75.4 Å². The molecule has 0 saturated carbocycles. The molecular weight excluding hydrogens is 442 g/mol. The van der Waals surface area contributed by atoms with E-state index in [1.165, 1.54) is 22.4 Å². The Morgan fingerprint density at radius 3 is 2.56 bits per heavy atom. The van der Waals surface area contributed by atoms with Gasteiger partial charge in [-0.3, -0.25) is 14.6 Å². The zero-order chi connectivity index (χ0) is 22.9. The molecule has 1 aromatic carbocycles. The van der Waals surface area contributed by atoms with Crippen LogP contribution in [0.1, 0.15) is 58.3 Å². The third-order valence-corrected chi connectivity index (χ3v) is 7.49. The Balaban J connectivity index is 1.70. The molecule has 7 heteroatoms. The maximum Gasteiger partial charge on any atom is 0.258 e. The highest BCUT2D eigenvalue weighted by Crippen LogP contribution is 2.44. The van der Waals surface area contributed by atoms with Gasteiger partial charge in [0, 0.05) is 17.3 Å². The normalized spacial score (nSPS) is 15.7. The molecule has 2 aromatic heterocycles. The van der Waals surface area contributed by atoms with Crippen molar-refractivity contribution in [2.45, 2.75) is 40.0 Å². The van der Waals surface area contributed by atoms with E-state index in [0.717, 1.165) is 24.8 Å². The van der Waals surface area contributed by atoms with Gasteiger partial charge in [-0.1, -0.05) is 44.5 Å². The van der Waals surface area contributed by atoms with Crippen LogP contribution in [0.15, 0.2) is 48.8 Å². The van der Waals surface area contributed by atoms with Gasteiger partial charge in [-0.2, -0.15) is 0 Å². The third kappa shape index (κ3) is 4.71. The molecule has 1 atom stereocenters. The van der Waals surface area contributed by atoms with E-state index in [0.29, 0.717) is 32.8 Å². The van der Waals surface area contributed by atoms with Crippen LogP contribution in [0.5, 0.6) is 0 Å². The number of para-hydroxylation sites is 1. The summed E-state index contributed by atoms with van der Waals surface area (Å²) >= 11 is 7.76. The van der Waals surface area contributed by atoms with E-state index in [4.69, 9.17) is 11.6 Å². The lowest BCUT2D eigenvalue weighted by atomic mass is 9.72. The molecule has 0 bridgehead atoms. The summed E-state index contributed by atoms with van der Waals surface area (Å²) in [5, 5.41) is 6.94. The highest BCUT2D eigenvalue weighted by Gasteiger charge is 2.34. The number of nitrogens with one attached hydrogen (secondary N) is 2. The van der Waals surface area contributed by atoms with Gasteiger partial charge in [0.15, 0.2) is 0 Å². The molecule has 1 aliphatic carbocycles. The number of benzene rings is 1. The maximum absolute atomic E-state index is 13.4. The summed E-state index contributed by atoms with van der Waals surface area (Å²) < 4.78 is 0. The number of pyridine rings is 1. The van der Waals surface area contributed by atoms with Crippen molar-refractivity contribution in [2.75, 3.05) is 10.6 Å². The number of hydrogen-bond acceptors (Lipinski definition) is 4. The van der Waals surface area contributed by atoms with Crippen LogP contribution in [-0.4, -0.2) is 16.8 Å². The fourth-order valence-corrected chi connectivity index (χ4v) is 5.58. The summed E-state index contributed by atoms with van der Waals surface area (Å²) in [5.74, 6) is -0.0165. The molecule has 0 spiro atoms. The highest BCUT2D eigenvalue weighted by molar-refractivity contribution is 7.17. The van der Waals surface area contributed by atoms with Gasteiger partial charge in [0.25, 0.3) is 11.8 Å². The number of aromatic nitrogens is 1. The quantitative estimate of drug-likeness (QED) is 0.463. The largest absolute Gasteiger partial charge is 0.321 e. The number of rotatable bonds is 4. The fourth-order valence-electron chi connectivity index (χ4n) is 4.07. The van der Waals surface area contributed by atoms with Gasteiger partial charge in [0.2, 0.25) is 0 Å². The molecule has 0 saturated heterocycles. The van der Waals surface area contributed by atoms with Gasteiger partial charge in [0.05, 0.1) is 21.8 Å². The molecule has 2 heterocycles. The second-order valence-corrected chi connectivity index (χ2v) is 10.7. The van der Waals surface area contributed by atoms with Crippen molar-refractivity contribution < 1.29 is 9.59 Å². The summed E-state index contributed by atoms with van der Waals surface area (Å²) in [7, 11) is 0.